The number of hydrogen-bond acceptors (Lipinski definition) is 4. The molecule has 2 aromatic carbocycles. The van der Waals surface area contributed by atoms with Gasteiger partial charge in [-0.25, -0.2) is 4.79 Å². The third-order valence-corrected chi connectivity index (χ3v) is 3.50. The van der Waals surface area contributed by atoms with Crippen LogP contribution in [0.1, 0.15) is 32.5 Å². The monoisotopic (exact) mass is 344 g/mol. The quantitative estimate of drug-likeness (QED) is 0.661. The number of amides is 1. The van der Waals surface area contributed by atoms with Crippen molar-refractivity contribution < 1.29 is 14.3 Å². The second-order valence-corrected chi connectivity index (χ2v) is 5.24. The van der Waals surface area contributed by atoms with E-state index in [9.17, 15) is 9.59 Å². The predicted molar refractivity (Wildman–Crippen MR) is 77.0 cm³/mol. The Balaban J connectivity index is 1.68. The summed E-state index contributed by atoms with van der Waals surface area (Å²) < 4.78 is 6.00. The summed E-state index contributed by atoms with van der Waals surface area (Å²) in [4.78, 5) is 23.6. The molecular weight excluding hydrogens is 336 g/mol. The van der Waals surface area contributed by atoms with Gasteiger partial charge in [-0.2, -0.15) is 5.43 Å². The average Bonchev–Trinajstić information content (AvgIpc) is 2.83. The number of ether oxygens (including phenoxy) is 1. The van der Waals surface area contributed by atoms with Crippen LogP contribution in [0.25, 0.3) is 0 Å². The Bertz CT molecular complexity index is 700. The van der Waals surface area contributed by atoms with Crippen molar-refractivity contribution >= 4 is 27.8 Å². The number of cyclic esters (lactones) is 1. The lowest BCUT2D eigenvalue weighted by molar-refractivity contribution is 0.0261. The first-order valence-corrected chi connectivity index (χ1v) is 6.89. The number of nitrogens with one attached hydrogen (secondary N) is 2. The minimum Gasteiger partial charge on any atom is -0.436 e. The molecule has 1 heterocycles. The molecule has 0 spiro atoms. The van der Waals surface area contributed by atoms with Crippen molar-refractivity contribution in [3.05, 3.63) is 69.7 Å². The molecule has 0 radical (unpaired) electrons. The van der Waals surface area contributed by atoms with Gasteiger partial charge < -0.3 is 4.74 Å². The number of hydrazine groups is 1. The molecule has 1 atom stereocenters. The molecule has 2 aromatic rings. The molecule has 0 aliphatic carbocycles. The highest BCUT2D eigenvalue weighted by Gasteiger charge is 2.31. The minimum atomic E-state index is -0.724. The van der Waals surface area contributed by atoms with Crippen LogP contribution in [0.3, 0.4) is 0 Å². The van der Waals surface area contributed by atoms with Crippen LogP contribution in [-0.4, -0.2) is 11.9 Å². The Hall–Kier alpha value is -2.36. The number of rotatable bonds is 3. The maximum absolute atomic E-state index is 12.0. The lowest BCUT2D eigenvalue weighted by Crippen LogP contribution is -2.40. The Morgan fingerprint density at radius 2 is 2.00 bits per heavy atom. The molecule has 0 saturated heterocycles. The molecule has 5 nitrogen and oxygen atoms in total. The Labute approximate surface area is 129 Å². The summed E-state index contributed by atoms with van der Waals surface area (Å²) in [5.74, 6) is -0.810. The second-order valence-electron chi connectivity index (χ2n) is 4.32. The van der Waals surface area contributed by atoms with Crippen molar-refractivity contribution in [2.75, 3.05) is 0 Å². The van der Waals surface area contributed by atoms with Crippen molar-refractivity contribution in [3.8, 4) is 0 Å². The summed E-state index contributed by atoms with van der Waals surface area (Å²) in [6.45, 7) is 0. The smallest absolute Gasteiger partial charge is 0.349 e. The van der Waals surface area contributed by atoms with Crippen molar-refractivity contribution in [1.29, 1.82) is 0 Å². The average molecular weight is 345 g/mol. The summed E-state index contributed by atoms with van der Waals surface area (Å²) in [5.41, 5.74) is 6.65. The maximum Gasteiger partial charge on any atom is 0.349 e. The van der Waals surface area contributed by atoms with E-state index >= 15 is 0 Å². The third-order valence-electron chi connectivity index (χ3n) is 2.97. The van der Waals surface area contributed by atoms with Crippen molar-refractivity contribution in [2.24, 2.45) is 0 Å². The van der Waals surface area contributed by atoms with Gasteiger partial charge in [-0.05, 0) is 36.4 Å². The van der Waals surface area contributed by atoms with E-state index in [1.165, 1.54) is 0 Å². The largest absolute Gasteiger partial charge is 0.436 e. The highest BCUT2D eigenvalue weighted by molar-refractivity contribution is 9.10. The zero-order valence-electron chi connectivity index (χ0n) is 10.6. The van der Waals surface area contributed by atoms with Gasteiger partial charge in [0.15, 0.2) is 6.23 Å². The fourth-order valence-electron chi connectivity index (χ4n) is 1.93. The Kier molecular flexibility index (Phi) is 3.60. The number of benzene rings is 1. The van der Waals surface area contributed by atoms with E-state index < -0.39 is 12.2 Å². The fourth-order valence-corrected chi connectivity index (χ4v) is 2.19. The van der Waals surface area contributed by atoms with E-state index in [0.717, 1.165) is 4.47 Å². The zero-order chi connectivity index (χ0) is 14.8. The van der Waals surface area contributed by atoms with Crippen molar-refractivity contribution in [2.45, 2.75) is 6.23 Å². The van der Waals surface area contributed by atoms with Gasteiger partial charge in [0.25, 0.3) is 5.91 Å². The first-order chi connectivity index (χ1) is 10.1. The molecule has 0 saturated carbocycles. The van der Waals surface area contributed by atoms with Crippen molar-refractivity contribution in [3.63, 3.8) is 0 Å². The zero-order valence-corrected chi connectivity index (χ0v) is 12.2. The summed E-state index contributed by atoms with van der Waals surface area (Å²) in [7, 11) is 0. The van der Waals surface area contributed by atoms with Gasteiger partial charge in [0.05, 0.1) is 0 Å². The Morgan fingerprint density at radius 3 is 2.76 bits per heavy atom. The topological polar surface area (TPSA) is 67.4 Å². The minimum absolute atomic E-state index is 0.321. The molecule has 0 aromatic heterocycles. The molecule has 21 heavy (non-hydrogen) atoms. The second kappa shape index (κ2) is 5.56. The molecular formula is C15H9BrN2O3. The maximum atomic E-state index is 12.0. The first kappa shape index (κ1) is 13.6. The van der Waals surface area contributed by atoms with Crippen LogP contribution in [0.15, 0.2) is 40.9 Å². The highest BCUT2D eigenvalue weighted by Crippen LogP contribution is 2.26. The molecule has 0 fully saturated rings. The van der Waals surface area contributed by atoms with E-state index in [2.05, 4.69) is 38.9 Å². The number of fused-ring (bicyclic) bond motifs is 1. The molecule has 1 unspecified atom stereocenters. The van der Waals surface area contributed by atoms with E-state index in [-0.39, 0.29) is 5.91 Å². The van der Waals surface area contributed by atoms with Gasteiger partial charge in [-0.3, -0.25) is 10.2 Å². The molecule has 6 heteroatoms. The van der Waals surface area contributed by atoms with E-state index in [0.29, 0.717) is 16.7 Å². The van der Waals surface area contributed by atoms with Crippen LogP contribution >= 0.6 is 15.9 Å². The van der Waals surface area contributed by atoms with Crippen LogP contribution < -0.4 is 10.9 Å². The van der Waals surface area contributed by atoms with Crippen LogP contribution in [0.5, 0.6) is 0 Å². The van der Waals surface area contributed by atoms with E-state index in [1.54, 1.807) is 36.4 Å². The lowest BCUT2D eigenvalue weighted by atomic mass is 10.1. The molecule has 2 N–H and O–H groups in total. The van der Waals surface area contributed by atoms with Gasteiger partial charge in [-0.1, -0.05) is 28.1 Å². The van der Waals surface area contributed by atoms with Crippen LogP contribution in [0.2, 0.25) is 0 Å². The SMILES string of the molecule is O=C(NNC1OC(=O)c2c#cccc21)c1ccc(Br)cc1. The van der Waals surface area contributed by atoms with E-state index in [4.69, 9.17) is 4.74 Å². The highest BCUT2D eigenvalue weighted by atomic mass is 79.9. The summed E-state index contributed by atoms with van der Waals surface area (Å²) >= 11 is 3.30. The predicted octanol–water partition coefficient (Wildman–Crippen LogP) is 2.15. The fraction of sp³-hybridized carbons (Fsp3) is 0.0667. The van der Waals surface area contributed by atoms with Crippen LogP contribution in [-0.2, 0) is 4.74 Å². The summed E-state index contributed by atoms with van der Waals surface area (Å²) in [6.07, 6.45) is -0.724. The number of hydrogen-bond donors (Lipinski definition) is 2. The molecule has 3 rings (SSSR count). The third kappa shape index (κ3) is 2.75. The first-order valence-electron chi connectivity index (χ1n) is 6.10. The van der Waals surface area contributed by atoms with Gasteiger partial charge >= 0.3 is 5.97 Å². The Morgan fingerprint density at radius 1 is 1.24 bits per heavy atom. The number of esters is 1. The van der Waals surface area contributed by atoms with Gasteiger partial charge in [0.1, 0.15) is 5.56 Å². The molecule has 0 bridgehead atoms. The molecule has 1 amide bonds. The van der Waals surface area contributed by atoms with Gasteiger partial charge in [0.2, 0.25) is 0 Å². The van der Waals surface area contributed by atoms with Crippen LogP contribution in [0, 0.1) is 12.1 Å². The van der Waals surface area contributed by atoms with Crippen LogP contribution in [0.4, 0.5) is 0 Å². The standard InChI is InChI=1S/C15H9BrN2O3/c16-10-7-5-9(6-8-10)13(19)17-18-14-11-3-1-2-4-12(11)15(20)21-14/h1,3,5-8,14,18H,(H,17,19). The van der Waals surface area contributed by atoms with E-state index in [1.807, 2.05) is 0 Å². The normalized spacial score (nSPS) is 15.9. The number of carbonyl (C=O) groups excluding carboxylic acids is 2. The summed E-state index contributed by atoms with van der Waals surface area (Å²) in [6, 6.07) is 15.6. The lowest BCUT2D eigenvalue weighted by Gasteiger charge is -2.13. The van der Waals surface area contributed by atoms with Gasteiger partial charge in [0, 0.05) is 15.6 Å². The molecule has 1 aliphatic heterocycles. The number of halogens is 1. The summed E-state index contributed by atoms with van der Waals surface area (Å²) in [5, 5.41) is 0. The molecule has 1 aliphatic rings. The van der Waals surface area contributed by atoms with Crippen molar-refractivity contribution in [1.82, 2.24) is 10.9 Å². The van der Waals surface area contributed by atoms with Gasteiger partial charge in [-0.15, -0.1) is 0 Å². The molecule has 104 valence electrons. The number of carbonyl (C=O) groups is 2.